The minimum atomic E-state index is 0.502. The minimum absolute atomic E-state index is 0.502. The van der Waals surface area contributed by atoms with Crippen molar-refractivity contribution in [2.75, 3.05) is 12.3 Å². The van der Waals surface area contributed by atoms with Crippen molar-refractivity contribution in [1.82, 2.24) is 20.3 Å². The van der Waals surface area contributed by atoms with Crippen molar-refractivity contribution in [2.24, 2.45) is 0 Å². The molecule has 0 spiro atoms. The lowest BCUT2D eigenvalue weighted by Crippen LogP contribution is -2.35. The summed E-state index contributed by atoms with van der Waals surface area (Å²) in [4.78, 5) is 12.1. The van der Waals surface area contributed by atoms with E-state index in [0.29, 0.717) is 17.8 Å². The van der Waals surface area contributed by atoms with Crippen LogP contribution in [0.5, 0.6) is 0 Å². The van der Waals surface area contributed by atoms with Gasteiger partial charge in [0.2, 0.25) is 0 Å². The van der Waals surface area contributed by atoms with Crippen LogP contribution in [0.3, 0.4) is 0 Å². The number of rotatable bonds is 1. The number of piperidine rings is 1. The van der Waals surface area contributed by atoms with Gasteiger partial charge in [-0.15, -0.1) is 0 Å². The highest BCUT2D eigenvalue weighted by atomic mass is 15.0. The lowest BCUT2D eigenvalue weighted by Gasteiger charge is -2.26. The quantitative estimate of drug-likeness (QED) is 0.693. The number of anilines is 1. The summed E-state index contributed by atoms with van der Waals surface area (Å²) in [5, 5.41) is 3.45. The van der Waals surface area contributed by atoms with E-state index in [-0.39, 0.29) is 0 Å². The number of nitrogens with two attached hydrogens (primary N) is 1. The molecule has 3 rings (SSSR count). The van der Waals surface area contributed by atoms with Crippen molar-refractivity contribution in [2.45, 2.75) is 31.7 Å². The molecule has 2 unspecified atom stereocenters. The van der Waals surface area contributed by atoms with Gasteiger partial charge in [-0.3, -0.25) is 0 Å². The predicted molar refractivity (Wildman–Crippen MR) is 67.7 cm³/mol. The Hall–Kier alpha value is -1.62. The summed E-state index contributed by atoms with van der Waals surface area (Å²) in [6.07, 6.45) is 2.24. The van der Waals surface area contributed by atoms with Gasteiger partial charge >= 0.3 is 0 Å². The van der Waals surface area contributed by atoms with Crippen LogP contribution in [0.15, 0.2) is 12.1 Å². The molecule has 0 aromatic carbocycles. The molecule has 0 amide bonds. The summed E-state index contributed by atoms with van der Waals surface area (Å²) in [5.41, 5.74) is 7.36. The first kappa shape index (κ1) is 10.5. The number of pyridine rings is 1. The van der Waals surface area contributed by atoms with Gasteiger partial charge in [0, 0.05) is 12.0 Å². The van der Waals surface area contributed by atoms with Gasteiger partial charge in [-0.05, 0) is 38.4 Å². The Labute approximate surface area is 99.8 Å². The average molecular weight is 231 g/mol. The van der Waals surface area contributed by atoms with Crippen LogP contribution in [0.25, 0.3) is 11.2 Å². The molecule has 0 radical (unpaired) electrons. The zero-order valence-electron chi connectivity index (χ0n) is 9.90. The van der Waals surface area contributed by atoms with Crippen LogP contribution in [-0.2, 0) is 0 Å². The van der Waals surface area contributed by atoms with E-state index >= 15 is 0 Å². The van der Waals surface area contributed by atoms with Crippen LogP contribution >= 0.6 is 0 Å². The van der Waals surface area contributed by atoms with Gasteiger partial charge in [-0.2, -0.15) is 0 Å². The molecule has 2 aromatic rings. The molecular formula is C12H17N5. The first-order chi connectivity index (χ1) is 8.22. The molecule has 1 aliphatic heterocycles. The van der Waals surface area contributed by atoms with Crippen LogP contribution in [0.4, 0.5) is 5.82 Å². The normalized spacial score (nSPS) is 25.2. The van der Waals surface area contributed by atoms with Crippen molar-refractivity contribution in [1.29, 1.82) is 0 Å². The maximum Gasteiger partial charge on any atom is 0.179 e. The number of aromatic nitrogens is 3. The lowest BCUT2D eigenvalue weighted by molar-refractivity contribution is 0.373. The number of nitrogens with zero attached hydrogens (tertiary/aromatic N) is 2. The highest BCUT2D eigenvalue weighted by Crippen LogP contribution is 2.26. The van der Waals surface area contributed by atoms with Crippen molar-refractivity contribution >= 4 is 17.0 Å². The number of hydrogen-bond donors (Lipinski definition) is 3. The maximum absolute atomic E-state index is 5.66. The third kappa shape index (κ3) is 1.98. The Bertz CT molecular complexity index is 533. The van der Waals surface area contributed by atoms with Gasteiger partial charge < -0.3 is 16.0 Å². The Morgan fingerprint density at radius 2 is 2.24 bits per heavy atom. The van der Waals surface area contributed by atoms with Crippen LogP contribution in [0.1, 0.15) is 31.5 Å². The number of hydrogen-bond acceptors (Lipinski definition) is 4. The summed E-state index contributed by atoms with van der Waals surface area (Å²) in [7, 11) is 0. The minimum Gasteiger partial charge on any atom is -0.384 e. The fraction of sp³-hybridized carbons (Fsp3) is 0.500. The second kappa shape index (κ2) is 4.00. The number of nitrogen functional groups attached to an aromatic ring is 1. The molecule has 3 heterocycles. The molecule has 1 fully saturated rings. The van der Waals surface area contributed by atoms with Crippen molar-refractivity contribution < 1.29 is 0 Å². The zero-order valence-corrected chi connectivity index (χ0v) is 9.90. The van der Waals surface area contributed by atoms with Gasteiger partial charge in [0.15, 0.2) is 5.65 Å². The van der Waals surface area contributed by atoms with E-state index in [9.17, 15) is 0 Å². The molecular weight excluding hydrogens is 214 g/mol. The van der Waals surface area contributed by atoms with Gasteiger partial charge in [0.1, 0.15) is 11.6 Å². The fourth-order valence-electron chi connectivity index (χ4n) is 2.50. The smallest absolute Gasteiger partial charge is 0.179 e. The van der Waals surface area contributed by atoms with Crippen LogP contribution in [0, 0.1) is 0 Å². The van der Waals surface area contributed by atoms with E-state index in [1.807, 2.05) is 6.07 Å². The number of imidazole rings is 1. The molecule has 17 heavy (non-hydrogen) atoms. The third-order valence-electron chi connectivity index (χ3n) is 3.40. The van der Waals surface area contributed by atoms with Crippen LogP contribution in [0.2, 0.25) is 0 Å². The Morgan fingerprint density at radius 3 is 3.06 bits per heavy atom. The number of nitrogens with one attached hydrogen (secondary N) is 2. The number of H-pyrrole nitrogens is 1. The van der Waals surface area contributed by atoms with Crippen LogP contribution in [-0.4, -0.2) is 27.5 Å². The van der Waals surface area contributed by atoms with E-state index < -0.39 is 0 Å². The van der Waals surface area contributed by atoms with E-state index in [1.165, 1.54) is 0 Å². The van der Waals surface area contributed by atoms with E-state index in [1.54, 1.807) is 6.07 Å². The maximum atomic E-state index is 5.66. The molecule has 5 heteroatoms. The second-order valence-corrected chi connectivity index (χ2v) is 4.81. The highest BCUT2D eigenvalue weighted by molar-refractivity contribution is 5.72. The summed E-state index contributed by atoms with van der Waals surface area (Å²) in [6, 6.07) is 4.30. The summed E-state index contributed by atoms with van der Waals surface area (Å²) in [5.74, 6) is 2.07. The monoisotopic (exact) mass is 231 g/mol. The van der Waals surface area contributed by atoms with Crippen LogP contribution < -0.4 is 11.1 Å². The summed E-state index contributed by atoms with van der Waals surface area (Å²) < 4.78 is 0. The standard InChI is InChI=1S/C12H17N5/c1-7-6-8(4-5-14-7)11-15-9-2-3-10(13)16-12(9)17-11/h2-3,7-8,14H,4-6H2,1H3,(H3,13,15,16,17). The molecule has 0 bridgehead atoms. The van der Waals surface area contributed by atoms with Crippen molar-refractivity contribution in [3.63, 3.8) is 0 Å². The summed E-state index contributed by atoms with van der Waals surface area (Å²) in [6.45, 7) is 3.27. The molecule has 1 aliphatic rings. The Kier molecular flexibility index (Phi) is 2.48. The molecule has 2 atom stereocenters. The summed E-state index contributed by atoms with van der Waals surface area (Å²) >= 11 is 0. The fourth-order valence-corrected chi connectivity index (χ4v) is 2.50. The van der Waals surface area contributed by atoms with Gasteiger partial charge in [-0.25, -0.2) is 9.97 Å². The van der Waals surface area contributed by atoms with E-state index in [4.69, 9.17) is 5.73 Å². The molecule has 90 valence electrons. The zero-order chi connectivity index (χ0) is 11.8. The van der Waals surface area contributed by atoms with Gasteiger partial charge in [0.25, 0.3) is 0 Å². The lowest BCUT2D eigenvalue weighted by atomic mass is 9.93. The first-order valence-corrected chi connectivity index (χ1v) is 6.08. The van der Waals surface area contributed by atoms with Gasteiger partial charge in [-0.1, -0.05) is 0 Å². The molecule has 0 saturated carbocycles. The molecule has 5 nitrogen and oxygen atoms in total. The van der Waals surface area contributed by atoms with E-state index in [2.05, 4.69) is 27.2 Å². The number of fused-ring (bicyclic) bond motifs is 1. The highest BCUT2D eigenvalue weighted by Gasteiger charge is 2.22. The van der Waals surface area contributed by atoms with Crippen molar-refractivity contribution in [3.8, 4) is 0 Å². The van der Waals surface area contributed by atoms with Gasteiger partial charge in [0.05, 0.1) is 5.52 Å². The molecule has 0 aliphatic carbocycles. The predicted octanol–water partition coefficient (Wildman–Crippen LogP) is 1.40. The van der Waals surface area contributed by atoms with E-state index in [0.717, 1.165) is 36.4 Å². The average Bonchev–Trinajstić information content (AvgIpc) is 2.72. The molecule has 4 N–H and O–H groups in total. The SMILES string of the molecule is CC1CC(c2nc3nc(N)ccc3[nH]2)CCN1. The molecule has 2 aromatic heterocycles. The third-order valence-corrected chi connectivity index (χ3v) is 3.40. The Morgan fingerprint density at radius 1 is 1.35 bits per heavy atom. The molecule has 1 saturated heterocycles. The Balaban J connectivity index is 1.94. The number of aromatic amines is 1. The second-order valence-electron chi connectivity index (χ2n) is 4.81. The topological polar surface area (TPSA) is 79.6 Å². The largest absolute Gasteiger partial charge is 0.384 e. The first-order valence-electron chi connectivity index (χ1n) is 6.08. The van der Waals surface area contributed by atoms with Crippen molar-refractivity contribution in [3.05, 3.63) is 18.0 Å².